The monoisotopic (exact) mass is 350 g/mol. The van der Waals surface area contributed by atoms with Gasteiger partial charge in [0.25, 0.3) is 0 Å². The molecule has 0 aliphatic carbocycles. The number of hydrogen-bond acceptors (Lipinski definition) is 3. The van der Waals surface area contributed by atoms with E-state index in [1.807, 2.05) is 30.3 Å². The highest BCUT2D eigenvalue weighted by molar-refractivity contribution is 5.85. The summed E-state index contributed by atoms with van der Waals surface area (Å²) in [6.45, 7) is 5.13. The molecule has 0 saturated carbocycles. The van der Waals surface area contributed by atoms with Crippen LogP contribution in [0.15, 0.2) is 57.9 Å². The fraction of sp³-hybridized carbons (Fsp3) is 0.318. The van der Waals surface area contributed by atoms with Gasteiger partial charge in [0, 0.05) is 5.92 Å². The molecule has 4 heteroatoms. The highest BCUT2D eigenvalue weighted by atomic mass is 16.3. The van der Waals surface area contributed by atoms with Crippen molar-refractivity contribution in [3.63, 3.8) is 0 Å². The molecule has 4 nitrogen and oxygen atoms in total. The molecule has 2 N–H and O–H groups in total. The predicted octanol–water partition coefficient (Wildman–Crippen LogP) is 2.98. The molecule has 1 aliphatic rings. The Balaban J connectivity index is 1.78. The van der Waals surface area contributed by atoms with Crippen molar-refractivity contribution in [2.75, 3.05) is 13.1 Å². The van der Waals surface area contributed by atoms with Crippen LogP contribution < -0.4 is 10.3 Å². The average Bonchev–Trinajstić information content (AvgIpc) is 2.65. The number of aromatic hydroxyl groups is 1. The first kappa shape index (κ1) is 16.9. The van der Waals surface area contributed by atoms with E-state index in [-0.39, 0.29) is 11.2 Å². The zero-order valence-corrected chi connectivity index (χ0v) is 15.0. The number of phenols is 1. The van der Waals surface area contributed by atoms with Gasteiger partial charge in [0.2, 0.25) is 5.43 Å². The van der Waals surface area contributed by atoms with Gasteiger partial charge in [0.05, 0.1) is 29.6 Å². The van der Waals surface area contributed by atoms with Crippen molar-refractivity contribution in [2.45, 2.75) is 26.3 Å². The van der Waals surface area contributed by atoms with Gasteiger partial charge in [0.15, 0.2) is 0 Å². The van der Waals surface area contributed by atoms with Crippen LogP contribution in [-0.4, -0.2) is 18.2 Å². The zero-order chi connectivity index (χ0) is 18.1. The fourth-order valence-electron chi connectivity index (χ4n) is 4.04. The van der Waals surface area contributed by atoms with Gasteiger partial charge >= 0.3 is 0 Å². The summed E-state index contributed by atoms with van der Waals surface area (Å²) in [5.41, 5.74) is 2.59. The number of hydrogen-bond donors (Lipinski definition) is 2. The Bertz CT molecular complexity index is 978. The van der Waals surface area contributed by atoms with Gasteiger partial charge in [-0.25, -0.2) is 0 Å². The van der Waals surface area contributed by atoms with E-state index >= 15 is 0 Å². The standard InChI is InChI=1S/C22H23NO3/c1-15-6-5-11-23(12-15)13-18-20(24)10-9-17-21(25)19(14-26-22(17)18)16-7-3-2-4-8-16/h2-4,7-10,14-15,24H,5-6,11-13H2,1H3/p+1/t15-/m1/s1. The molecule has 1 unspecified atom stereocenters. The van der Waals surface area contributed by atoms with Crippen molar-refractivity contribution in [2.24, 2.45) is 5.92 Å². The van der Waals surface area contributed by atoms with Crippen molar-refractivity contribution in [3.05, 3.63) is 64.5 Å². The van der Waals surface area contributed by atoms with E-state index in [1.54, 1.807) is 12.1 Å². The third-order valence-electron chi connectivity index (χ3n) is 5.40. The predicted molar refractivity (Wildman–Crippen MR) is 102 cm³/mol. The lowest BCUT2D eigenvalue weighted by molar-refractivity contribution is -0.922. The summed E-state index contributed by atoms with van der Waals surface area (Å²) in [6.07, 6.45) is 3.99. The van der Waals surface area contributed by atoms with E-state index in [1.165, 1.54) is 24.0 Å². The summed E-state index contributed by atoms with van der Waals surface area (Å²) in [7, 11) is 0. The number of benzene rings is 2. The van der Waals surface area contributed by atoms with Crippen LogP contribution in [0, 0.1) is 5.92 Å². The number of quaternary nitrogens is 1. The van der Waals surface area contributed by atoms with E-state index in [4.69, 9.17) is 4.42 Å². The first-order chi connectivity index (χ1) is 12.6. The number of rotatable bonds is 3. The quantitative estimate of drug-likeness (QED) is 0.764. The Hall–Kier alpha value is -2.59. The smallest absolute Gasteiger partial charge is 0.200 e. The van der Waals surface area contributed by atoms with E-state index in [0.29, 0.717) is 29.0 Å². The number of fused-ring (bicyclic) bond motifs is 1. The Kier molecular flexibility index (Phi) is 4.51. The molecule has 4 rings (SSSR count). The number of piperidine rings is 1. The van der Waals surface area contributed by atoms with Gasteiger partial charge in [0.1, 0.15) is 24.1 Å². The summed E-state index contributed by atoms with van der Waals surface area (Å²) in [4.78, 5) is 14.4. The molecule has 0 amide bonds. The molecule has 134 valence electrons. The highest BCUT2D eigenvalue weighted by Gasteiger charge is 2.23. The van der Waals surface area contributed by atoms with Crippen LogP contribution in [0.5, 0.6) is 5.75 Å². The van der Waals surface area contributed by atoms with Gasteiger partial charge in [-0.2, -0.15) is 0 Å². The molecule has 26 heavy (non-hydrogen) atoms. The largest absolute Gasteiger partial charge is 0.507 e. The second kappa shape index (κ2) is 6.96. The molecule has 0 spiro atoms. The minimum absolute atomic E-state index is 0.0549. The molecule has 1 aromatic heterocycles. The Labute approximate surface area is 152 Å². The van der Waals surface area contributed by atoms with Gasteiger partial charge in [-0.15, -0.1) is 0 Å². The molecule has 0 radical (unpaired) electrons. The Morgan fingerprint density at radius 3 is 2.77 bits per heavy atom. The van der Waals surface area contributed by atoms with E-state index in [2.05, 4.69) is 6.92 Å². The lowest BCUT2D eigenvalue weighted by Crippen LogP contribution is -3.12. The number of likely N-dealkylation sites (tertiary alicyclic amines) is 1. The van der Waals surface area contributed by atoms with Gasteiger partial charge in [-0.05, 0) is 30.5 Å². The molecule has 3 aromatic rings. The van der Waals surface area contributed by atoms with Crippen LogP contribution in [-0.2, 0) is 6.54 Å². The van der Waals surface area contributed by atoms with Crippen molar-refractivity contribution >= 4 is 11.0 Å². The maximum atomic E-state index is 13.0. The average molecular weight is 350 g/mol. The number of nitrogens with one attached hydrogen (secondary N) is 1. The van der Waals surface area contributed by atoms with Crippen LogP contribution in [0.25, 0.3) is 22.1 Å². The molecule has 2 aromatic carbocycles. The summed E-state index contributed by atoms with van der Waals surface area (Å²) < 4.78 is 5.89. The maximum Gasteiger partial charge on any atom is 0.200 e. The van der Waals surface area contributed by atoms with Crippen molar-refractivity contribution < 1.29 is 14.4 Å². The molecule has 2 heterocycles. The molecule has 1 saturated heterocycles. The van der Waals surface area contributed by atoms with Gasteiger partial charge in [-0.3, -0.25) is 4.79 Å². The molecular weight excluding hydrogens is 326 g/mol. The van der Waals surface area contributed by atoms with Crippen molar-refractivity contribution in [1.82, 2.24) is 0 Å². The van der Waals surface area contributed by atoms with Gasteiger partial charge in [-0.1, -0.05) is 37.3 Å². The first-order valence-corrected chi connectivity index (χ1v) is 9.29. The minimum atomic E-state index is -0.0549. The summed E-state index contributed by atoms with van der Waals surface area (Å²) >= 11 is 0. The minimum Gasteiger partial charge on any atom is -0.507 e. The molecule has 1 fully saturated rings. The molecular formula is C22H24NO3+. The van der Waals surface area contributed by atoms with Crippen molar-refractivity contribution in [3.8, 4) is 16.9 Å². The van der Waals surface area contributed by atoms with Crippen LogP contribution >= 0.6 is 0 Å². The zero-order valence-electron chi connectivity index (χ0n) is 15.0. The Morgan fingerprint density at radius 1 is 1.19 bits per heavy atom. The lowest BCUT2D eigenvalue weighted by Gasteiger charge is -2.28. The maximum absolute atomic E-state index is 13.0. The second-order valence-corrected chi connectivity index (χ2v) is 7.41. The first-order valence-electron chi connectivity index (χ1n) is 9.29. The second-order valence-electron chi connectivity index (χ2n) is 7.41. The van der Waals surface area contributed by atoms with Crippen LogP contribution in [0.2, 0.25) is 0 Å². The summed E-state index contributed by atoms with van der Waals surface area (Å²) in [6, 6.07) is 12.8. The highest BCUT2D eigenvalue weighted by Crippen LogP contribution is 2.27. The van der Waals surface area contributed by atoms with Crippen LogP contribution in [0.4, 0.5) is 0 Å². The summed E-state index contributed by atoms with van der Waals surface area (Å²) in [5, 5.41) is 10.9. The Morgan fingerprint density at radius 2 is 2.00 bits per heavy atom. The third kappa shape index (κ3) is 3.13. The molecule has 0 bridgehead atoms. The topological polar surface area (TPSA) is 54.9 Å². The molecule has 1 aliphatic heterocycles. The van der Waals surface area contributed by atoms with E-state index in [0.717, 1.165) is 24.2 Å². The van der Waals surface area contributed by atoms with E-state index < -0.39 is 0 Å². The van der Waals surface area contributed by atoms with Crippen LogP contribution in [0.3, 0.4) is 0 Å². The fourth-order valence-corrected chi connectivity index (χ4v) is 4.04. The number of phenolic OH excluding ortho intramolecular Hbond substituents is 1. The van der Waals surface area contributed by atoms with Crippen molar-refractivity contribution in [1.29, 1.82) is 0 Å². The normalized spacial score (nSPS) is 20.3. The molecule has 2 atom stereocenters. The third-order valence-corrected chi connectivity index (χ3v) is 5.40. The van der Waals surface area contributed by atoms with E-state index in [9.17, 15) is 9.90 Å². The SMILES string of the molecule is C[C@@H]1CCC[NH+](Cc2c(O)ccc3c(=O)c(-c4ccccc4)coc23)C1. The van der Waals surface area contributed by atoms with Gasteiger partial charge < -0.3 is 14.4 Å². The lowest BCUT2D eigenvalue weighted by atomic mass is 9.99. The summed E-state index contributed by atoms with van der Waals surface area (Å²) in [5.74, 6) is 0.895. The van der Waals surface area contributed by atoms with Crippen LogP contribution in [0.1, 0.15) is 25.3 Å².